The van der Waals surface area contributed by atoms with E-state index in [1.165, 1.54) is 38.1 Å². The minimum absolute atomic E-state index is 0.130. The van der Waals surface area contributed by atoms with Crippen LogP contribution in [0.25, 0.3) is 0 Å². The van der Waals surface area contributed by atoms with Gasteiger partial charge in [0.1, 0.15) is 0 Å². The highest BCUT2D eigenvalue weighted by atomic mass is 16.2. The SMILES string of the molecule is O=C(CCC1CCCC1)NNC(=O)c1ccncc1. The molecular formula is C14H19N3O2. The molecule has 0 radical (unpaired) electrons. The monoisotopic (exact) mass is 261 g/mol. The second-order valence-corrected chi connectivity index (χ2v) is 4.93. The van der Waals surface area contributed by atoms with E-state index in [9.17, 15) is 9.59 Å². The van der Waals surface area contributed by atoms with Gasteiger partial charge >= 0.3 is 0 Å². The molecule has 1 heterocycles. The molecule has 0 atom stereocenters. The molecule has 2 rings (SSSR count). The van der Waals surface area contributed by atoms with E-state index in [1.807, 2.05) is 0 Å². The van der Waals surface area contributed by atoms with Gasteiger partial charge in [-0.1, -0.05) is 25.7 Å². The number of nitrogens with zero attached hydrogens (tertiary/aromatic N) is 1. The van der Waals surface area contributed by atoms with Crippen molar-refractivity contribution in [2.24, 2.45) is 5.92 Å². The van der Waals surface area contributed by atoms with E-state index in [1.54, 1.807) is 12.1 Å². The van der Waals surface area contributed by atoms with E-state index in [0.29, 0.717) is 17.9 Å². The van der Waals surface area contributed by atoms with Gasteiger partial charge in [-0.25, -0.2) is 0 Å². The Bertz CT molecular complexity index is 428. The van der Waals surface area contributed by atoms with Gasteiger partial charge in [-0.05, 0) is 24.5 Å². The van der Waals surface area contributed by atoms with Crippen LogP contribution in [0.3, 0.4) is 0 Å². The van der Waals surface area contributed by atoms with Crippen LogP contribution in [-0.2, 0) is 4.79 Å². The number of aromatic nitrogens is 1. The molecule has 2 amide bonds. The van der Waals surface area contributed by atoms with Gasteiger partial charge in [0, 0.05) is 24.4 Å². The lowest BCUT2D eigenvalue weighted by atomic mass is 10.0. The summed E-state index contributed by atoms with van der Waals surface area (Å²) >= 11 is 0. The fraction of sp³-hybridized carbons (Fsp3) is 0.500. The Hall–Kier alpha value is -1.91. The number of nitrogens with one attached hydrogen (secondary N) is 2. The molecule has 0 saturated heterocycles. The maximum Gasteiger partial charge on any atom is 0.269 e. The van der Waals surface area contributed by atoms with Gasteiger partial charge in [-0.3, -0.25) is 25.4 Å². The van der Waals surface area contributed by atoms with E-state index < -0.39 is 0 Å². The van der Waals surface area contributed by atoms with Crippen molar-refractivity contribution >= 4 is 11.8 Å². The summed E-state index contributed by atoms with van der Waals surface area (Å²) in [5.41, 5.74) is 5.33. The van der Waals surface area contributed by atoms with Crippen molar-refractivity contribution in [3.8, 4) is 0 Å². The second-order valence-electron chi connectivity index (χ2n) is 4.93. The molecule has 5 heteroatoms. The van der Waals surface area contributed by atoms with Gasteiger partial charge < -0.3 is 0 Å². The normalized spacial score (nSPS) is 15.2. The number of amides is 2. The van der Waals surface area contributed by atoms with Gasteiger partial charge in [0.05, 0.1) is 0 Å². The molecule has 102 valence electrons. The molecule has 0 bridgehead atoms. The minimum Gasteiger partial charge on any atom is -0.273 e. The lowest BCUT2D eigenvalue weighted by molar-refractivity contribution is -0.122. The molecule has 1 aromatic rings. The third-order valence-electron chi connectivity index (χ3n) is 3.51. The van der Waals surface area contributed by atoms with Crippen molar-refractivity contribution in [1.82, 2.24) is 15.8 Å². The standard InChI is InChI=1S/C14H19N3O2/c18-13(6-5-11-3-1-2-4-11)16-17-14(19)12-7-9-15-10-8-12/h7-11H,1-6H2,(H,16,18)(H,17,19). The molecule has 0 aliphatic heterocycles. The molecule has 0 spiro atoms. The molecular weight excluding hydrogens is 242 g/mol. The van der Waals surface area contributed by atoms with Crippen molar-refractivity contribution in [2.75, 3.05) is 0 Å². The smallest absolute Gasteiger partial charge is 0.269 e. The average Bonchev–Trinajstić information content (AvgIpc) is 2.96. The lowest BCUT2D eigenvalue weighted by Crippen LogP contribution is -2.41. The largest absolute Gasteiger partial charge is 0.273 e. The number of hydrazine groups is 1. The third kappa shape index (κ3) is 4.35. The summed E-state index contributed by atoms with van der Waals surface area (Å²) in [6.45, 7) is 0. The summed E-state index contributed by atoms with van der Waals surface area (Å²) in [6.07, 6.45) is 9.50. The van der Waals surface area contributed by atoms with E-state index in [-0.39, 0.29) is 11.8 Å². The van der Waals surface area contributed by atoms with Crippen LogP contribution in [-0.4, -0.2) is 16.8 Å². The van der Waals surface area contributed by atoms with Crippen molar-refractivity contribution < 1.29 is 9.59 Å². The summed E-state index contributed by atoms with van der Waals surface area (Å²) in [5.74, 6) is 0.229. The molecule has 0 aromatic carbocycles. The van der Waals surface area contributed by atoms with Crippen LogP contribution in [0, 0.1) is 5.92 Å². The molecule has 0 unspecified atom stereocenters. The van der Waals surface area contributed by atoms with Crippen LogP contribution in [0.1, 0.15) is 48.9 Å². The summed E-state index contributed by atoms with van der Waals surface area (Å²) in [4.78, 5) is 27.1. The minimum atomic E-state index is -0.323. The average molecular weight is 261 g/mol. The molecule has 1 saturated carbocycles. The Morgan fingerprint density at radius 3 is 2.53 bits per heavy atom. The van der Waals surface area contributed by atoms with E-state index in [0.717, 1.165) is 6.42 Å². The highest BCUT2D eigenvalue weighted by Crippen LogP contribution is 2.28. The Morgan fingerprint density at radius 1 is 1.16 bits per heavy atom. The first-order valence-corrected chi connectivity index (χ1v) is 6.75. The van der Waals surface area contributed by atoms with Gasteiger partial charge in [0.25, 0.3) is 5.91 Å². The Labute approximate surface area is 112 Å². The Morgan fingerprint density at radius 2 is 1.84 bits per heavy atom. The van der Waals surface area contributed by atoms with Crippen LogP contribution in [0.2, 0.25) is 0 Å². The Balaban J connectivity index is 1.67. The molecule has 1 aromatic heterocycles. The first-order chi connectivity index (χ1) is 9.25. The molecule has 5 nitrogen and oxygen atoms in total. The molecule has 1 fully saturated rings. The quantitative estimate of drug-likeness (QED) is 0.812. The van der Waals surface area contributed by atoms with Gasteiger partial charge in [0.2, 0.25) is 5.91 Å². The maximum atomic E-state index is 11.7. The Kier molecular flexibility index (Phi) is 4.89. The zero-order chi connectivity index (χ0) is 13.5. The topological polar surface area (TPSA) is 71.1 Å². The number of carbonyl (C=O) groups excluding carboxylic acids is 2. The van der Waals surface area contributed by atoms with Gasteiger partial charge in [0.15, 0.2) is 0 Å². The van der Waals surface area contributed by atoms with Crippen molar-refractivity contribution in [2.45, 2.75) is 38.5 Å². The molecule has 1 aliphatic carbocycles. The van der Waals surface area contributed by atoms with Crippen LogP contribution in [0.5, 0.6) is 0 Å². The van der Waals surface area contributed by atoms with E-state index in [4.69, 9.17) is 0 Å². The third-order valence-corrected chi connectivity index (χ3v) is 3.51. The van der Waals surface area contributed by atoms with Gasteiger partial charge in [-0.2, -0.15) is 0 Å². The highest BCUT2D eigenvalue weighted by molar-refractivity contribution is 5.95. The van der Waals surface area contributed by atoms with Crippen molar-refractivity contribution in [1.29, 1.82) is 0 Å². The molecule has 1 aliphatic rings. The first-order valence-electron chi connectivity index (χ1n) is 6.75. The predicted molar refractivity (Wildman–Crippen MR) is 71.0 cm³/mol. The fourth-order valence-corrected chi connectivity index (χ4v) is 2.40. The van der Waals surface area contributed by atoms with Gasteiger partial charge in [-0.15, -0.1) is 0 Å². The second kappa shape index (κ2) is 6.87. The van der Waals surface area contributed by atoms with Crippen LogP contribution < -0.4 is 10.9 Å². The summed E-state index contributed by atoms with van der Waals surface area (Å²) in [6, 6.07) is 3.19. The number of hydrogen-bond acceptors (Lipinski definition) is 3. The van der Waals surface area contributed by atoms with Crippen molar-refractivity contribution in [3.05, 3.63) is 30.1 Å². The maximum absolute atomic E-state index is 11.7. The van der Waals surface area contributed by atoms with Crippen LogP contribution >= 0.6 is 0 Å². The number of carbonyl (C=O) groups is 2. The molecule has 2 N–H and O–H groups in total. The molecule has 19 heavy (non-hydrogen) atoms. The number of rotatable bonds is 4. The zero-order valence-electron chi connectivity index (χ0n) is 10.9. The fourth-order valence-electron chi connectivity index (χ4n) is 2.40. The number of hydrogen-bond donors (Lipinski definition) is 2. The number of pyridine rings is 1. The van der Waals surface area contributed by atoms with E-state index in [2.05, 4.69) is 15.8 Å². The highest BCUT2D eigenvalue weighted by Gasteiger charge is 2.16. The summed E-state index contributed by atoms with van der Waals surface area (Å²) < 4.78 is 0. The van der Waals surface area contributed by atoms with Crippen LogP contribution in [0.15, 0.2) is 24.5 Å². The zero-order valence-corrected chi connectivity index (χ0v) is 10.9. The summed E-state index contributed by atoms with van der Waals surface area (Å²) in [5, 5.41) is 0. The van der Waals surface area contributed by atoms with E-state index >= 15 is 0 Å². The lowest BCUT2D eigenvalue weighted by Gasteiger charge is -2.10. The van der Waals surface area contributed by atoms with Crippen molar-refractivity contribution in [3.63, 3.8) is 0 Å². The first kappa shape index (κ1) is 13.5. The summed E-state index contributed by atoms with van der Waals surface area (Å²) in [7, 11) is 0. The van der Waals surface area contributed by atoms with Crippen LogP contribution in [0.4, 0.5) is 0 Å². The predicted octanol–water partition coefficient (Wildman–Crippen LogP) is 1.81.